The van der Waals surface area contributed by atoms with E-state index >= 15 is 0 Å². The number of cyclic esters (lactones) is 1. The Bertz CT molecular complexity index is 575. The third-order valence-electron chi connectivity index (χ3n) is 4.59. The second kappa shape index (κ2) is 5.62. The number of hydrogen-bond donors (Lipinski definition) is 0. The summed E-state index contributed by atoms with van der Waals surface area (Å²) >= 11 is 0. The van der Waals surface area contributed by atoms with Gasteiger partial charge in [-0.2, -0.15) is 0 Å². The first-order valence-corrected chi connectivity index (χ1v) is 7.62. The number of imidazole rings is 1. The van der Waals surface area contributed by atoms with E-state index in [-0.39, 0.29) is 11.9 Å². The van der Waals surface area contributed by atoms with E-state index in [1.807, 2.05) is 29.5 Å². The first-order valence-electron chi connectivity index (χ1n) is 7.62. The fourth-order valence-corrected chi connectivity index (χ4v) is 3.17. The van der Waals surface area contributed by atoms with Gasteiger partial charge in [0.05, 0.1) is 0 Å². The first-order chi connectivity index (χ1) is 10.5. The van der Waals surface area contributed by atoms with Crippen LogP contribution >= 0.6 is 0 Å². The van der Waals surface area contributed by atoms with Gasteiger partial charge in [0.15, 0.2) is 5.60 Å². The summed E-state index contributed by atoms with van der Waals surface area (Å²) < 4.78 is 12.2. The van der Waals surface area contributed by atoms with Crippen molar-refractivity contribution in [2.24, 2.45) is 0 Å². The zero-order chi connectivity index (χ0) is 15.7. The largest absolute Gasteiger partial charge is 0.509 e. The molecule has 1 aromatic heterocycles. The van der Waals surface area contributed by atoms with Crippen LogP contribution in [0.15, 0.2) is 12.4 Å². The van der Waals surface area contributed by atoms with Gasteiger partial charge < -0.3 is 18.9 Å². The van der Waals surface area contributed by atoms with Crippen molar-refractivity contribution < 1.29 is 19.1 Å². The molecular formula is C15H21N3O4. The van der Waals surface area contributed by atoms with Crippen molar-refractivity contribution in [3.05, 3.63) is 18.2 Å². The summed E-state index contributed by atoms with van der Waals surface area (Å²) in [4.78, 5) is 29.6. The SMILES string of the molecule is Cc1nccn1[C@@H](C)CC(=O)N1CCC2(CC1)COC(=O)O2. The summed E-state index contributed by atoms with van der Waals surface area (Å²) in [6.07, 6.45) is 4.78. The average Bonchev–Trinajstić information content (AvgIpc) is 3.06. The summed E-state index contributed by atoms with van der Waals surface area (Å²) in [6.45, 7) is 5.46. The molecule has 7 nitrogen and oxygen atoms in total. The molecule has 0 bridgehead atoms. The Kier molecular flexibility index (Phi) is 3.80. The molecule has 2 aliphatic heterocycles. The predicted molar refractivity (Wildman–Crippen MR) is 77.3 cm³/mol. The molecule has 0 saturated carbocycles. The lowest BCUT2D eigenvalue weighted by Crippen LogP contribution is -2.48. The molecule has 120 valence electrons. The van der Waals surface area contributed by atoms with Crippen molar-refractivity contribution in [3.8, 4) is 0 Å². The zero-order valence-electron chi connectivity index (χ0n) is 12.9. The average molecular weight is 307 g/mol. The number of nitrogens with zero attached hydrogens (tertiary/aromatic N) is 3. The second-order valence-corrected chi connectivity index (χ2v) is 6.14. The Morgan fingerprint density at radius 2 is 2.18 bits per heavy atom. The number of carbonyl (C=O) groups excluding carboxylic acids is 2. The van der Waals surface area contributed by atoms with Crippen LogP contribution in [0.2, 0.25) is 0 Å². The van der Waals surface area contributed by atoms with Crippen LogP contribution in [0.3, 0.4) is 0 Å². The maximum atomic E-state index is 12.4. The molecule has 2 fully saturated rings. The van der Waals surface area contributed by atoms with Gasteiger partial charge in [-0.15, -0.1) is 0 Å². The highest BCUT2D eigenvalue weighted by atomic mass is 16.8. The van der Waals surface area contributed by atoms with E-state index in [4.69, 9.17) is 9.47 Å². The van der Waals surface area contributed by atoms with Crippen molar-refractivity contribution in [2.45, 2.75) is 44.8 Å². The Balaban J connectivity index is 1.54. The molecule has 0 radical (unpaired) electrons. The lowest BCUT2D eigenvalue weighted by Gasteiger charge is -2.36. The number of aryl methyl sites for hydroxylation is 1. The van der Waals surface area contributed by atoms with Crippen molar-refractivity contribution >= 4 is 12.1 Å². The Hall–Kier alpha value is -2.05. The van der Waals surface area contributed by atoms with Gasteiger partial charge in [0.2, 0.25) is 5.91 Å². The highest BCUT2D eigenvalue weighted by Gasteiger charge is 2.45. The highest BCUT2D eigenvalue weighted by Crippen LogP contribution is 2.32. The lowest BCUT2D eigenvalue weighted by molar-refractivity contribution is -0.135. The molecular weight excluding hydrogens is 286 g/mol. The van der Waals surface area contributed by atoms with Crippen LogP contribution in [-0.4, -0.2) is 51.8 Å². The molecule has 1 spiro atoms. The molecule has 2 saturated heterocycles. The number of likely N-dealkylation sites (tertiary alicyclic amines) is 1. The summed E-state index contributed by atoms with van der Waals surface area (Å²) in [7, 11) is 0. The predicted octanol–water partition coefficient (Wildman–Crippen LogP) is 1.67. The van der Waals surface area contributed by atoms with Crippen LogP contribution in [0.4, 0.5) is 4.79 Å². The molecule has 3 rings (SSSR count). The summed E-state index contributed by atoms with van der Waals surface area (Å²) in [6, 6.07) is 0.0820. The van der Waals surface area contributed by atoms with Crippen LogP contribution in [0.1, 0.15) is 38.1 Å². The van der Waals surface area contributed by atoms with Gasteiger partial charge in [-0.05, 0) is 13.8 Å². The minimum atomic E-state index is -0.594. The maximum Gasteiger partial charge on any atom is 0.509 e. The third-order valence-corrected chi connectivity index (χ3v) is 4.59. The van der Waals surface area contributed by atoms with Gasteiger partial charge in [0, 0.05) is 50.8 Å². The fraction of sp³-hybridized carbons (Fsp3) is 0.667. The Labute approximate surface area is 129 Å². The number of hydrogen-bond acceptors (Lipinski definition) is 5. The van der Waals surface area contributed by atoms with Gasteiger partial charge in [-0.1, -0.05) is 0 Å². The maximum absolute atomic E-state index is 12.4. The van der Waals surface area contributed by atoms with E-state index in [0.29, 0.717) is 39.0 Å². The summed E-state index contributed by atoms with van der Waals surface area (Å²) in [5.41, 5.74) is -0.513. The van der Waals surface area contributed by atoms with Gasteiger partial charge in [-0.3, -0.25) is 4.79 Å². The molecule has 1 atom stereocenters. The smallest absolute Gasteiger partial charge is 0.430 e. The molecule has 0 aromatic carbocycles. The monoisotopic (exact) mass is 307 g/mol. The van der Waals surface area contributed by atoms with Crippen molar-refractivity contribution in [1.29, 1.82) is 0 Å². The van der Waals surface area contributed by atoms with Crippen molar-refractivity contribution in [1.82, 2.24) is 14.5 Å². The lowest BCUT2D eigenvalue weighted by atomic mass is 9.92. The number of rotatable bonds is 3. The second-order valence-electron chi connectivity index (χ2n) is 6.14. The van der Waals surface area contributed by atoms with Crippen molar-refractivity contribution in [2.75, 3.05) is 19.7 Å². The molecule has 0 aliphatic carbocycles. The Morgan fingerprint density at radius 3 is 2.73 bits per heavy atom. The van der Waals surface area contributed by atoms with Gasteiger partial charge >= 0.3 is 6.16 Å². The standard InChI is InChI=1S/C15H21N3O4/c1-11(18-8-5-16-12(18)2)9-13(19)17-6-3-15(4-7-17)10-21-14(20)22-15/h5,8,11H,3-4,6-7,9-10H2,1-2H3/t11-/m0/s1. The quantitative estimate of drug-likeness (QED) is 0.794. The van der Waals surface area contributed by atoms with Crippen LogP contribution in [0.25, 0.3) is 0 Å². The number of ether oxygens (including phenoxy) is 2. The van der Waals surface area contributed by atoms with Crippen LogP contribution in [0.5, 0.6) is 0 Å². The third kappa shape index (κ3) is 2.80. The fourth-order valence-electron chi connectivity index (χ4n) is 3.17. The van der Waals surface area contributed by atoms with Crippen LogP contribution in [-0.2, 0) is 14.3 Å². The number of amides is 1. The number of aromatic nitrogens is 2. The number of piperidine rings is 1. The first kappa shape index (κ1) is 14.9. The van der Waals surface area contributed by atoms with Crippen LogP contribution in [0, 0.1) is 6.92 Å². The topological polar surface area (TPSA) is 73.7 Å². The molecule has 7 heteroatoms. The molecule has 1 amide bonds. The summed E-state index contributed by atoms with van der Waals surface area (Å²) in [5.74, 6) is 1.04. The normalized spacial score (nSPS) is 21.5. The molecule has 2 aliphatic rings. The van der Waals surface area contributed by atoms with E-state index < -0.39 is 11.8 Å². The van der Waals surface area contributed by atoms with E-state index in [1.165, 1.54) is 0 Å². The molecule has 0 unspecified atom stereocenters. The minimum absolute atomic E-state index is 0.0820. The highest BCUT2D eigenvalue weighted by molar-refractivity contribution is 5.76. The van der Waals surface area contributed by atoms with E-state index in [1.54, 1.807) is 6.20 Å². The molecule has 0 N–H and O–H groups in total. The van der Waals surface area contributed by atoms with Gasteiger partial charge in [-0.25, -0.2) is 9.78 Å². The van der Waals surface area contributed by atoms with E-state index in [0.717, 1.165) is 5.82 Å². The molecule has 22 heavy (non-hydrogen) atoms. The molecule has 3 heterocycles. The van der Waals surface area contributed by atoms with E-state index in [2.05, 4.69) is 4.98 Å². The number of carbonyl (C=O) groups is 2. The zero-order valence-corrected chi connectivity index (χ0v) is 12.9. The molecule has 1 aromatic rings. The van der Waals surface area contributed by atoms with Crippen molar-refractivity contribution in [3.63, 3.8) is 0 Å². The minimum Gasteiger partial charge on any atom is -0.430 e. The van der Waals surface area contributed by atoms with Crippen LogP contribution < -0.4 is 0 Å². The Morgan fingerprint density at radius 1 is 1.45 bits per heavy atom. The summed E-state index contributed by atoms with van der Waals surface area (Å²) in [5, 5.41) is 0. The van der Waals surface area contributed by atoms with E-state index in [9.17, 15) is 9.59 Å². The van der Waals surface area contributed by atoms with Gasteiger partial charge in [0.1, 0.15) is 12.4 Å². The van der Waals surface area contributed by atoms with Gasteiger partial charge in [0.25, 0.3) is 0 Å².